The monoisotopic (exact) mass is 349 g/mol. The molecule has 25 heavy (non-hydrogen) atoms. The lowest BCUT2D eigenvalue weighted by Gasteiger charge is -2.26. The first-order valence-electron chi connectivity index (χ1n) is 9.21. The van der Waals surface area contributed by atoms with Crippen LogP contribution in [-0.4, -0.2) is 68.4 Å². The van der Waals surface area contributed by atoms with Gasteiger partial charge in [0.2, 0.25) is 5.88 Å². The molecule has 1 aromatic rings. The highest BCUT2D eigenvalue weighted by atomic mass is 16.5. The van der Waals surface area contributed by atoms with Crippen LogP contribution in [0.25, 0.3) is 0 Å². The second-order valence-electron chi connectivity index (χ2n) is 5.86. The van der Waals surface area contributed by atoms with Gasteiger partial charge in [0.05, 0.1) is 26.4 Å². The molecule has 140 valence electrons. The molecule has 0 saturated carbocycles. The van der Waals surface area contributed by atoms with E-state index in [4.69, 9.17) is 9.47 Å². The number of morpholine rings is 1. The number of pyridine rings is 1. The standard InChI is InChI=1S/C18H31N5O2/c1-3-19-18(21-7-5-9-23-10-12-24-13-11-23)22-15-16-6-8-20-17(14-16)25-4-2/h6,8,14H,3-5,7,9-13,15H2,1-2H3,(H2,19,21,22). The molecule has 0 unspecified atom stereocenters. The smallest absolute Gasteiger partial charge is 0.213 e. The van der Waals surface area contributed by atoms with E-state index < -0.39 is 0 Å². The third-order valence-corrected chi connectivity index (χ3v) is 3.90. The molecule has 0 aromatic carbocycles. The van der Waals surface area contributed by atoms with Crippen molar-refractivity contribution in [3.05, 3.63) is 23.9 Å². The lowest BCUT2D eigenvalue weighted by atomic mass is 10.3. The summed E-state index contributed by atoms with van der Waals surface area (Å²) >= 11 is 0. The molecule has 1 saturated heterocycles. The van der Waals surface area contributed by atoms with Crippen molar-refractivity contribution in [2.75, 3.05) is 52.5 Å². The van der Waals surface area contributed by atoms with Crippen LogP contribution in [0.5, 0.6) is 5.88 Å². The van der Waals surface area contributed by atoms with Gasteiger partial charge in [-0.2, -0.15) is 0 Å². The second-order valence-corrected chi connectivity index (χ2v) is 5.86. The summed E-state index contributed by atoms with van der Waals surface area (Å²) in [6.07, 6.45) is 2.85. The van der Waals surface area contributed by atoms with Crippen LogP contribution < -0.4 is 15.4 Å². The number of hydrogen-bond acceptors (Lipinski definition) is 5. The first kappa shape index (κ1) is 19.5. The summed E-state index contributed by atoms with van der Waals surface area (Å²) in [5, 5.41) is 6.69. The van der Waals surface area contributed by atoms with Crippen LogP contribution in [0.15, 0.2) is 23.3 Å². The van der Waals surface area contributed by atoms with E-state index in [9.17, 15) is 0 Å². The van der Waals surface area contributed by atoms with E-state index >= 15 is 0 Å². The number of ether oxygens (including phenoxy) is 2. The Labute approximate surface area is 150 Å². The van der Waals surface area contributed by atoms with Gasteiger partial charge in [-0.25, -0.2) is 9.98 Å². The van der Waals surface area contributed by atoms with Crippen molar-refractivity contribution < 1.29 is 9.47 Å². The van der Waals surface area contributed by atoms with Crippen molar-refractivity contribution in [2.24, 2.45) is 4.99 Å². The molecular formula is C18H31N5O2. The lowest BCUT2D eigenvalue weighted by molar-refractivity contribution is 0.0376. The Morgan fingerprint density at radius 2 is 2.16 bits per heavy atom. The SMILES string of the molecule is CCNC(=NCc1ccnc(OCC)c1)NCCCN1CCOCC1. The van der Waals surface area contributed by atoms with E-state index in [1.807, 2.05) is 19.1 Å². The highest BCUT2D eigenvalue weighted by Crippen LogP contribution is 2.10. The molecule has 0 spiro atoms. The highest BCUT2D eigenvalue weighted by molar-refractivity contribution is 5.79. The van der Waals surface area contributed by atoms with Crippen molar-refractivity contribution in [3.63, 3.8) is 0 Å². The fourth-order valence-electron chi connectivity index (χ4n) is 2.62. The number of nitrogens with zero attached hydrogens (tertiary/aromatic N) is 3. The van der Waals surface area contributed by atoms with Crippen molar-refractivity contribution in [2.45, 2.75) is 26.8 Å². The molecule has 1 aromatic heterocycles. The maximum absolute atomic E-state index is 5.43. The first-order valence-corrected chi connectivity index (χ1v) is 9.21. The van der Waals surface area contributed by atoms with Gasteiger partial charge >= 0.3 is 0 Å². The van der Waals surface area contributed by atoms with Crippen LogP contribution in [0.4, 0.5) is 0 Å². The highest BCUT2D eigenvalue weighted by Gasteiger charge is 2.09. The summed E-state index contributed by atoms with van der Waals surface area (Å²) in [6.45, 7) is 11.9. The fraction of sp³-hybridized carbons (Fsp3) is 0.667. The average Bonchev–Trinajstić information content (AvgIpc) is 2.64. The van der Waals surface area contributed by atoms with Gasteiger partial charge in [0.25, 0.3) is 0 Å². The molecule has 1 aliphatic rings. The van der Waals surface area contributed by atoms with Crippen LogP contribution in [-0.2, 0) is 11.3 Å². The zero-order chi connectivity index (χ0) is 17.7. The molecular weight excluding hydrogens is 318 g/mol. The summed E-state index contributed by atoms with van der Waals surface area (Å²) in [6, 6.07) is 3.91. The summed E-state index contributed by atoms with van der Waals surface area (Å²) in [4.78, 5) is 11.3. The average molecular weight is 349 g/mol. The zero-order valence-electron chi connectivity index (χ0n) is 15.5. The lowest BCUT2D eigenvalue weighted by Crippen LogP contribution is -2.40. The number of hydrogen-bond donors (Lipinski definition) is 2. The quantitative estimate of drug-likeness (QED) is 0.397. The first-order chi connectivity index (χ1) is 12.3. The summed E-state index contributed by atoms with van der Waals surface area (Å²) in [5.41, 5.74) is 1.09. The van der Waals surface area contributed by atoms with Gasteiger partial charge in [-0.1, -0.05) is 0 Å². The van der Waals surface area contributed by atoms with Gasteiger partial charge in [0.1, 0.15) is 0 Å². The number of rotatable bonds is 9. The second kappa shape index (κ2) is 11.7. The van der Waals surface area contributed by atoms with Gasteiger partial charge in [-0.15, -0.1) is 0 Å². The summed E-state index contributed by atoms with van der Waals surface area (Å²) < 4.78 is 10.8. The minimum atomic E-state index is 0.599. The van der Waals surface area contributed by atoms with E-state index in [0.29, 0.717) is 19.0 Å². The number of aromatic nitrogens is 1. The van der Waals surface area contributed by atoms with Gasteiger partial charge in [-0.3, -0.25) is 4.90 Å². The Bertz CT molecular complexity index is 518. The van der Waals surface area contributed by atoms with E-state index in [1.165, 1.54) is 0 Å². The van der Waals surface area contributed by atoms with Crippen molar-refractivity contribution >= 4 is 5.96 Å². The third-order valence-electron chi connectivity index (χ3n) is 3.90. The van der Waals surface area contributed by atoms with E-state index in [2.05, 4.69) is 32.4 Å². The predicted molar refractivity (Wildman–Crippen MR) is 100 cm³/mol. The molecule has 1 fully saturated rings. The topological polar surface area (TPSA) is 71.0 Å². The fourth-order valence-corrected chi connectivity index (χ4v) is 2.62. The predicted octanol–water partition coefficient (Wildman–Crippen LogP) is 1.26. The van der Waals surface area contributed by atoms with Crippen LogP contribution >= 0.6 is 0 Å². The van der Waals surface area contributed by atoms with Gasteiger partial charge in [-0.05, 0) is 38.4 Å². The molecule has 1 aliphatic heterocycles. The third kappa shape index (κ3) is 7.70. The Morgan fingerprint density at radius 1 is 1.32 bits per heavy atom. The van der Waals surface area contributed by atoms with Crippen LogP contribution in [0.1, 0.15) is 25.8 Å². The molecule has 0 bridgehead atoms. The molecule has 2 N–H and O–H groups in total. The van der Waals surface area contributed by atoms with Gasteiger partial charge in [0, 0.05) is 38.4 Å². The Hall–Kier alpha value is -1.86. The van der Waals surface area contributed by atoms with Crippen molar-refractivity contribution in [1.82, 2.24) is 20.5 Å². The summed E-state index contributed by atoms with van der Waals surface area (Å²) in [7, 11) is 0. The molecule has 0 radical (unpaired) electrons. The molecule has 2 heterocycles. The minimum Gasteiger partial charge on any atom is -0.478 e. The molecule has 2 rings (SSSR count). The largest absolute Gasteiger partial charge is 0.478 e. The van der Waals surface area contributed by atoms with E-state index in [-0.39, 0.29) is 0 Å². The van der Waals surface area contributed by atoms with Crippen LogP contribution in [0, 0.1) is 0 Å². The molecule has 7 nitrogen and oxygen atoms in total. The maximum atomic E-state index is 5.43. The Balaban J connectivity index is 1.76. The normalized spacial score (nSPS) is 15.8. The minimum absolute atomic E-state index is 0.599. The van der Waals surface area contributed by atoms with E-state index in [1.54, 1.807) is 6.20 Å². The molecule has 7 heteroatoms. The number of nitrogens with one attached hydrogen (secondary N) is 2. The van der Waals surface area contributed by atoms with E-state index in [0.717, 1.165) is 63.9 Å². The Morgan fingerprint density at radius 3 is 2.92 bits per heavy atom. The Kier molecular flexibility index (Phi) is 9.07. The number of aliphatic imine (C=N–C) groups is 1. The summed E-state index contributed by atoms with van der Waals surface area (Å²) in [5.74, 6) is 1.50. The van der Waals surface area contributed by atoms with Gasteiger partial charge < -0.3 is 20.1 Å². The molecule has 0 aliphatic carbocycles. The van der Waals surface area contributed by atoms with Crippen LogP contribution in [0.2, 0.25) is 0 Å². The van der Waals surface area contributed by atoms with Gasteiger partial charge in [0.15, 0.2) is 5.96 Å². The van der Waals surface area contributed by atoms with Crippen molar-refractivity contribution in [1.29, 1.82) is 0 Å². The molecule has 0 atom stereocenters. The van der Waals surface area contributed by atoms with Crippen LogP contribution in [0.3, 0.4) is 0 Å². The van der Waals surface area contributed by atoms with Crippen molar-refractivity contribution in [3.8, 4) is 5.88 Å². The molecule has 0 amide bonds. The number of guanidine groups is 1. The maximum Gasteiger partial charge on any atom is 0.213 e. The zero-order valence-corrected chi connectivity index (χ0v) is 15.5.